The van der Waals surface area contributed by atoms with Gasteiger partial charge >= 0.3 is 19.8 Å². The van der Waals surface area contributed by atoms with E-state index in [0.29, 0.717) is 23.9 Å². The van der Waals surface area contributed by atoms with Gasteiger partial charge in [0, 0.05) is 12.8 Å². The first kappa shape index (κ1) is 62.0. The monoisotopic (exact) mass is 923 g/mol. The van der Waals surface area contributed by atoms with Crippen LogP contribution in [-0.4, -0.2) is 74.9 Å². The molecular formula is C54H101NO8P+. The number of likely N-dealkylation sites (N-methyl/N-ethyl adjacent to an activating group) is 1. The van der Waals surface area contributed by atoms with E-state index < -0.39 is 26.5 Å². The molecule has 1 N–H and O–H groups in total. The summed E-state index contributed by atoms with van der Waals surface area (Å²) in [6.07, 6.45) is 55.9. The van der Waals surface area contributed by atoms with Crippen LogP contribution in [0.4, 0.5) is 0 Å². The van der Waals surface area contributed by atoms with Crippen LogP contribution < -0.4 is 0 Å². The van der Waals surface area contributed by atoms with Crippen LogP contribution in [-0.2, 0) is 32.7 Å². The van der Waals surface area contributed by atoms with E-state index in [1.807, 2.05) is 21.1 Å². The predicted molar refractivity (Wildman–Crippen MR) is 270 cm³/mol. The first-order valence-electron chi connectivity index (χ1n) is 26.4. The maximum atomic E-state index is 12.8. The fourth-order valence-electron chi connectivity index (χ4n) is 7.30. The van der Waals surface area contributed by atoms with Gasteiger partial charge in [0.1, 0.15) is 19.8 Å². The first-order valence-corrected chi connectivity index (χ1v) is 27.9. The molecule has 64 heavy (non-hydrogen) atoms. The smallest absolute Gasteiger partial charge is 0.462 e. The van der Waals surface area contributed by atoms with Crippen LogP contribution >= 0.6 is 7.82 Å². The molecule has 2 unspecified atom stereocenters. The first-order chi connectivity index (χ1) is 31.0. The normalized spacial score (nSPS) is 13.8. The van der Waals surface area contributed by atoms with Crippen molar-refractivity contribution in [1.29, 1.82) is 0 Å². The number of allylic oxidation sites excluding steroid dienone is 8. The number of carbonyl (C=O) groups excluding carboxylic acids is 2. The van der Waals surface area contributed by atoms with Gasteiger partial charge in [-0.15, -0.1) is 0 Å². The van der Waals surface area contributed by atoms with Gasteiger partial charge in [0.2, 0.25) is 0 Å². The summed E-state index contributed by atoms with van der Waals surface area (Å²) in [5, 5.41) is 0. The Balaban J connectivity index is 4.24. The summed E-state index contributed by atoms with van der Waals surface area (Å²) >= 11 is 0. The lowest BCUT2D eigenvalue weighted by molar-refractivity contribution is -0.870. The molecule has 0 heterocycles. The summed E-state index contributed by atoms with van der Waals surface area (Å²) < 4.78 is 34.5. The molecule has 0 radical (unpaired) electrons. The Bertz CT molecular complexity index is 1230. The Morgan fingerprint density at radius 1 is 0.500 bits per heavy atom. The number of rotatable bonds is 48. The van der Waals surface area contributed by atoms with Crippen molar-refractivity contribution in [1.82, 2.24) is 0 Å². The lowest BCUT2D eigenvalue weighted by Gasteiger charge is -2.24. The summed E-state index contributed by atoms with van der Waals surface area (Å²) in [4.78, 5) is 35.6. The average Bonchev–Trinajstić information content (AvgIpc) is 3.25. The van der Waals surface area contributed by atoms with Gasteiger partial charge in [-0.2, -0.15) is 0 Å². The van der Waals surface area contributed by atoms with Crippen LogP contribution in [0.25, 0.3) is 0 Å². The van der Waals surface area contributed by atoms with Crippen molar-refractivity contribution < 1.29 is 42.1 Å². The minimum atomic E-state index is -4.38. The number of unbranched alkanes of at least 4 members (excludes halogenated alkanes) is 26. The topological polar surface area (TPSA) is 108 Å². The molecule has 0 aromatic heterocycles. The summed E-state index contributed by atoms with van der Waals surface area (Å²) in [5.74, 6) is -0.799. The van der Waals surface area contributed by atoms with Crippen LogP contribution in [0.5, 0.6) is 0 Å². The van der Waals surface area contributed by atoms with Gasteiger partial charge in [0.15, 0.2) is 6.10 Å². The van der Waals surface area contributed by atoms with Crippen LogP contribution in [0.1, 0.15) is 232 Å². The van der Waals surface area contributed by atoms with Crippen molar-refractivity contribution in [3.05, 3.63) is 48.6 Å². The highest BCUT2D eigenvalue weighted by atomic mass is 31.2. The molecule has 0 bridgehead atoms. The lowest BCUT2D eigenvalue weighted by Crippen LogP contribution is -2.37. The van der Waals surface area contributed by atoms with Gasteiger partial charge in [0.25, 0.3) is 0 Å². The molecule has 0 aromatic carbocycles. The molecule has 0 amide bonds. The van der Waals surface area contributed by atoms with Crippen LogP contribution in [0.2, 0.25) is 0 Å². The van der Waals surface area contributed by atoms with Gasteiger partial charge in [-0.1, -0.05) is 217 Å². The number of ether oxygens (including phenoxy) is 2. The van der Waals surface area contributed by atoms with E-state index in [1.54, 1.807) is 0 Å². The number of carbonyl (C=O) groups is 2. The second kappa shape index (κ2) is 46.1. The molecule has 0 aromatic rings. The van der Waals surface area contributed by atoms with Crippen molar-refractivity contribution in [2.75, 3.05) is 47.5 Å². The zero-order valence-corrected chi connectivity index (χ0v) is 43.2. The van der Waals surface area contributed by atoms with Crippen molar-refractivity contribution in [2.45, 2.75) is 238 Å². The Morgan fingerprint density at radius 3 is 1.33 bits per heavy atom. The second-order valence-electron chi connectivity index (χ2n) is 18.9. The quantitative estimate of drug-likeness (QED) is 0.0211. The fourth-order valence-corrected chi connectivity index (χ4v) is 8.04. The highest BCUT2D eigenvalue weighted by molar-refractivity contribution is 7.47. The van der Waals surface area contributed by atoms with Crippen molar-refractivity contribution in [2.24, 2.45) is 0 Å². The lowest BCUT2D eigenvalue weighted by atomic mass is 10.0. The predicted octanol–water partition coefficient (Wildman–Crippen LogP) is 15.8. The minimum Gasteiger partial charge on any atom is -0.462 e. The van der Waals surface area contributed by atoms with Crippen molar-refractivity contribution in [3.8, 4) is 0 Å². The largest absolute Gasteiger partial charge is 0.472 e. The van der Waals surface area contributed by atoms with Crippen LogP contribution in [0.15, 0.2) is 48.6 Å². The van der Waals surface area contributed by atoms with E-state index in [0.717, 1.165) is 70.6 Å². The molecule has 374 valence electrons. The van der Waals surface area contributed by atoms with E-state index in [2.05, 4.69) is 62.5 Å². The Labute approximate surface area is 394 Å². The molecule has 9 nitrogen and oxygen atoms in total. The molecule has 0 spiro atoms. The molecule has 10 heteroatoms. The average molecular weight is 923 g/mol. The molecule has 2 atom stereocenters. The van der Waals surface area contributed by atoms with Crippen LogP contribution in [0.3, 0.4) is 0 Å². The van der Waals surface area contributed by atoms with E-state index in [1.165, 1.54) is 128 Å². The van der Waals surface area contributed by atoms with Crippen LogP contribution in [0, 0.1) is 0 Å². The van der Waals surface area contributed by atoms with E-state index in [9.17, 15) is 19.0 Å². The Kier molecular flexibility index (Phi) is 44.6. The maximum absolute atomic E-state index is 12.8. The zero-order chi connectivity index (χ0) is 47.1. The third-order valence-electron chi connectivity index (χ3n) is 11.4. The van der Waals surface area contributed by atoms with Crippen molar-refractivity contribution >= 4 is 19.8 Å². The molecule has 0 fully saturated rings. The minimum absolute atomic E-state index is 0.0299. The number of esters is 2. The Morgan fingerprint density at radius 2 is 0.891 bits per heavy atom. The number of phosphoric acid groups is 1. The van der Waals surface area contributed by atoms with Gasteiger partial charge in [-0.25, -0.2) is 4.57 Å². The van der Waals surface area contributed by atoms with Crippen molar-refractivity contribution in [3.63, 3.8) is 0 Å². The third kappa shape index (κ3) is 49.4. The SMILES string of the molecule is CC/C=C\C/C=C\C/C=C\C/C=C\CCCCCCCCCCC(=O)OC(COC(=O)CCCCCCCCCCCCCCCCCCCCC)COP(=O)(O)OCC[N+](C)(C)C. The fraction of sp³-hybridized carbons (Fsp3) is 0.815. The van der Waals surface area contributed by atoms with Gasteiger partial charge in [0.05, 0.1) is 27.7 Å². The zero-order valence-electron chi connectivity index (χ0n) is 42.3. The summed E-state index contributed by atoms with van der Waals surface area (Å²) in [5.41, 5.74) is 0. The van der Waals surface area contributed by atoms with Gasteiger partial charge < -0.3 is 18.9 Å². The molecular weight excluding hydrogens is 822 g/mol. The highest BCUT2D eigenvalue weighted by Gasteiger charge is 2.27. The summed E-state index contributed by atoms with van der Waals surface area (Å²) in [6.45, 7) is 4.34. The van der Waals surface area contributed by atoms with E-state index >= 15 is 0 Å². The number of hydrogen-bond donors (Lipinski definition) is 1. The highest BCUT2D eigenvalue weighted by Crippen LogP contribution is 2.43. The summed E-state index contributed by atoms with van der Waals surface area (Å²) in [7, 11) is 1.47. The number of phosphoric ester groups is 1. The standard InChI is InChI=1S/C54H100NO8P/c1-6-8-10-12-14-16-18-20-22-24-26-27-29-31-33-35-37-39-41-43-45-47-54(57)63-52(51-62-64(58,59)61-49-48-55(3,4)5)50-60-53(56)46-44-42-40-38-36-34-32-30-28-25-23-21-19-17-15-13-11-9-7-2/h8,10,14,16,20,22,26-27,52H,6-7,9,11-13,15,17-19,21,23-25,28-51H2,1-5H3/p+1/b10-8-,16-14-,22-20-,27-26-. The molecule has 0 saturated heterocycles. The van der Waals surface area contributed by atoms with E-state index in [4.69, 9.17) is 18.5 Å². The number of hydrogen-bond acceptors (Lipinski definition) is 7. The summed E-state index contributed by atoms with van der Waals surface area (Å²) in [6, 6.07) is 0. The third-order valence-corrected chi connectivity index (χ3v) is 12.4. The molecule has 0 aliphatic rings. The molecule has 0 saturated carbocycles. The Hall–Kier alpha value is -2.03. The number of nitrogens with zero attached hydrogens (tertiary/aromatic N) is 1. The van der Waals surface area contributed by atoms with E-state index in [-0.39, 0.29) is 25.6 Å². The molecule has 0 aliphatic carbocycles. The van der Waals surface area contributed by atoms with Gasteiger partial charge in [-0.3, -0.25) is 18.6 Å². The number of quaternary nitrogens is 1. The maximum Gasteiger partial charge on any atom is 0.472 e. The molecule has 0 rings (SSSR count). The van der Waals surface area contributed by atoms with Gasteiger partial charge in [-0.05, 0) is 51.4 Å². The second-order valence-corrected chi connectivity index (χ2v) is 20.3. The molecule has 0 aliphatic heterocycles.